The number of nitrogens with zero attached hydrogens (tertiary/aromatic N) is 2. The fourth-order valence-electron chi connectivity index (χ4n) is 2.72. The normalized spacial score (nSPS) is 17.5. The van der Waals surface area contributed by atoms with Gasteiger partial charge in [0.25, 0.3) is 0 Å². The second-order valence-corrected chi connectivity index (χ2v) is 5.13. The van der Waals surface area contributed by atoms with E-state index in [0.29, 0.717) is 5.56 Å². The van der Waals surface area contributed by atoms with Gasteiger partial charge in [0.15, 0.2) is 0 Å². The number of rotatable bonds is 3. The van der Waals surface area contributed by atoms with Gasteiger partial charge in [0.1, 0.15) is 11.9 Å². The quantitative estimate of drug-likeness (QED) is 0.807. The summed E-state index contributed by atoms with van der Waals surface area (Å²) in [6.07, 6.45) is 6.56. The highest BCUT2D eigenvalue weighted by molar-refractivity contribution is 5.55. The molecule has 4 nitrogen and oxygen atoms in total. The van der Waals surface area contributed by atoms with Crippen LogP contribution in [0.4, 0.5) is 5.82 Å². The van der Waals surface area contributed by atoms with Gasteiger partial charge in [0.2, 0.25) is 0 Å². The molecule has 2 aliphatic rings. The second-order valence-electron chi connectivity index (χ2n) is 5.13. The van der Waals surface area contributed by atoms with Gasteiger partial charge in [0, 0.05) is 18.8 Å². The zero-order chi connectivity index (χ0) is 13.1. The molecule has 0 atom stereocenters. The van der Waals surface area contributed by atoms with Crippen LogP contribution in [-0.4, -0.2) is 24.6 Å². The minimum atomic E-state index is 0.676. The molecule has 0 amide bonds. The van der Waals surface area contributed by atoms with Gasteiger partial charge in [0.05, 0.1) is 5.56 Å². The third-order valence-corrected chi connectivity index (χ3v) is 3.81. The smallest absolute Gasteiger partial charge is 0.144 e. The zero-order valence-corrected chi connectivity index (χ0v) is 11.0. The number of pyridine rings is 1. The zero-order valence-electron chi connectivity index (χ0n) is 11.0. The molecule has 3 rings (SSSR count). The summed E-state index contributed by atoms with van der Waals surface area (Å²) in [6, 6.07) is 4.26. The topological polar surface area (TPSA) is 60.7 Å². The molecule has 0 saturated carbocycles. The molecule has 1 aliphatic heterocycles. The van der Waals surface area contributed by atoms with Crippen molar-refractivity contribution in [3.63, 3.8) is 0 Å². The largest absolute Gasteiger partial charge is 0.365 e. The summed E-state index contributed by atoms with van der Waals surface area (Å²) in [5, 5.41) is 15.9. The molecule has 1 aromatic rings. The van der Waals surface area contributed by atoms with Crippen molar-refractivity contribution in [2.24, 2.45) is 0 Å². The fraction of sp³-hybridized carbons (Fsp3) is 0.467. The maximum Gasteiger partial charge on any atom is 0.144 e. The summed E-state index contributed by atoms with van der Waals surface area (Å²) in [7, 11) is 0. The first-order valence-electron chi connectivity index (χ1n) is 6.92. The Kier molecular flexibility index (Phi) is 3.47. The number of hydrogen-bond donors (Lipinski definition) is 2. The van der Waals surface area contributed by atoms with Crippen LogP contribution in [0.3, 0.4) is 0 Å². The molecule has 4 heteroatoms. The monoisotopic (exact) mass is 254 g/mol. The van der Waals surface area contributed by atoms with Gasteiger partial charge in [-0.25, -0.2) is 4.98 Å². The number of aromatic nitrogens is 1. The van der Waals surface area contributed by atoms with Gasteiger partial charge < -0.3 is 10.6 Å². The van der Waals surface area contributed by atoms with Crippen molar-refractivity contribution in [2.45, 2.75) is 25.7 Å². The Balaban J connectivity index is 1.77. The van der Waals surface area contributed by atoms with E-state index in [4.69, 9.17) is 0 Å². The third-order valence-electron chi connectivity index (χ3n) is 3.81. The Bertz CT molecular complexity index is 554. The predicted octanol–water partition coefficient (Wildman–Crippen LogP) is 1.77. The lowest BCUT2D eigenvalue weighted by Crippen LogP contribution is -2.23. The van der Waals surface area contributed by atoms with Gasteiger partial charge in [-0.2, -0.15) is 5.26 Å². The van der Waals surface area contributed by atoms with Crippen molar-refractivity contribution in [3.05, 3.63) is 34.5 Å². The molecule has 19 heavy (non-hydrogen) atoms. The van der Waals surface area contributed by atoms with E-state index in [1.54, 1.807) is 0 Å². The van der Waals surface area contributed by atoms with Crippen LogP contribution in [0.25, 0.3) is 0 Å². The van der Waals surface area contributed by atoms with E-state index >= 15 is 0 Å². The molecule has 0 bridgehead atoms. The number of aryl methyl sites for hydroxylation is 2. The van der Waals surface area contributed by atoms with Crippen LogP contribution in [0.15, 0.2) is 17.7 Å². The Morgan fingerprint density at radius 1 is 1.37 bits per heavy atom. The highest BCUT2D eigenvalue weighted by Crippen LogP contribution is 2.25. The molecule has 0 aromatic carbocycles. The molecular weight excluding hydrogens is 236 g/mol. The van der Waals surface area contributed by atoms with Gasteiger partial charge in [-0.15, -0.1) is 0 Å². The lowest BCUT2D eigenvalue weighted by atomic mass is 10.1. The molecule has 2 heterocycles. The Labute approximate surface area is 113 Å². The second kappa shape index (κ2) is 5.41. The minimum Gasteiger partial charge on any atom is -0.365 e. The van der Waals surface area contributed by atoms with Crippen molar-refractivity contribution in [3.8, 4) is 6.07 Å². The predicted molar refractivity (Wildman–Crippen MR) is 75.0 cm³/mol. The molecule has 0 saturated heterocycles. The molecule has 0 spiro atoms. The third kappa shape index (κ3) is 2.61. The Morgan fingerprint density at radius 2 is 2.32 bits per heavy atom. The Hall–Kier alpha value is -1.86. The Morgan fingerprint density at radius 3 is 3.11 bits per heavy atom. The number of hydrogen-bond acceptors (Lipinski definition) is 4. The molecule has 1 aliphatic carbocycles. The van der Waals surface area contributed by atoms with Gasteiger partial charge >= 0.3 is 0 Å². The molecule has 0 fully saturated rings. The minimum absolute atomic E-state index is 0.676. The van der Waals surface area contributed by atoms with Crippen molar-refractivity contribution < 1.29 is 0 Å². The van der Waals surface area contributed by atoms with E-state index in [1.165, 1.54) is 16.8 Å². The summed E-state index contributed by atoms with van der Waals surface area (Å²) in [6.45, 7) is 2.78. The first-order chi connectivity index (χ1) is 9.36. The number of fused-ring (bicyclic) bond motifs is 1. The summed E-state index contributed by atoms with van der Waals surface area (Å²) < 4.78 is 0. The highest BCUT2D eigenvalue weighted by atomic mass is 15.0. The van der Waals surface area contributed by atoms with Crippen molar-refractivity contribution in [2.75, 3.05) is 25.0 Å². The van der Waals surface area contributed by atoms with Crippen LogP contribution in [-0.2, 0) is 12.8 Å². The van der Waals surface area contributed by atoms with E-state index in [0.717, 1.165) is 51.1 Å². The van der Waals surface area contributed by atoms with Crippen molar-refractivity contribution >= 4 is 5.82 Å². The SMILES string of the molecule is N#Cc1cc2c(nc1NCC1=CCNCC1)CCC2. The lowest BCUT2D eigenvalue weighted by molar-refractivity contribution is 0.697. The average Bonchev–Trinajstić information content (AvgIpc) is 2.92. The maximum atomic E-state index is 9.23. The first-order valence-corrected chi connectivity index (χ1v) is 6.92. The van der Waals surface area contributed by atoms with Gasteiger partial charge in [-0.1, -0.05) is 11.6 Å². The number of anilines is 1. The summed E-state index contributed by atoms with van der Waals surface area (Å²) in [5.41, 5.74) is 4.49. The molecule has 98 valence electrons. The molecule has 2 N–H and O–H groups in total. The number of nitriles is 1. The highest BCUT2D eigenvalue weighted by Gasteiger charge is 2.16. The molecule has 1 aromatic heterocycles. The van der Waals surface area contributed by atoms with Gasteiger partial charge in [-0.05, 0) is 43.9 Å². The van der Waals surface area contributed by atoms with Crippen LogP contribution in [0.2, 0.25) is 0 Å². The van der Waals surface area contributed by atoms with E-state index in [2.05, 4.69) is 27.8 Å². The molecule has 0 radical (unpaired) electrons. The van der Waals surface area contributed by atoms with E-state index in [-0.39, 0.29) is 0 Å². The first kappa shape index (κ1) is 12.2. The van der Waals surface area contributed by atoms with E-state index in [9.17, 15) is 5.26 Å². The van der Waals surface area contributed by atoms with Crippen LogP contribution < -0.4 is 10.6 Å². The summed E-state index contributed by atoms with van der Waals surface area (Å²) in [4.78, 5) is 4.63. The van der Waals surface area contributed by atoms with Crippen LogP contribution in [0, 0.1) is 11.3 Å². The standard InChI is InChI=1S/C15H18N4/c16-9-13-8-12-2-1-3-14(12)19-15(13)18-10-11-4-6-17-7-5-11/h4,8,17H,1-3,5-7,10H2,(H,18,19). The van der Waals surface area contributed by atoms with Crippen LogP contribution in [0.5, 0.6) is 0 Å². The lowest BCUT2D eigenvalue weighted by Gasteiger charge is -2.16. The van der Waals surface area contributed by atoms with E-state index < -0.39 is 0 Å². The summed E-state index contributed by atoms with van der Waals surface area (Å²) in [5.74, 6) is 0.752. The van der Waals surface area contributed by atoms with E-state index in [1.807, 2.05) is 6.07 Å². The molecular formula is C15H18N4. The summed E-state index contributed by atoms with van der Waals surface area (Å²) >= 11 is 0. The number of nitrogens with one attached hydrogen (secondary N) is 2. The van der Waals surface area contributed by atoms with Crippen molar-refractivity contribution in [1.82, 2.24) is 10.3 Å². The van der Waals surface area contributed by atoms with Gasteiger partial charge in [-0.3, -0.25) is 0 Å². The fourth-order valence-corrected chi connectivity index (χ4v) is 2.72. The van der Waals surface area contributed by atoms with Crippen LogP contribution in [0.1, 0.15) is 29.7 Å². The molecule has 0 unspecified atom stereocenters. The average molecular weight is 254 g/mol. The maximum absolute atomic E-state index is 9.23. The van der Waals surface area contributed by atoms with Crippen molar-refractivity contribution in [1.29, 1.82) is 5.26 Å². The van der Waals surface area contributed by atoms with Crippen LogP contribution >= 0.6 is 0 Å².